The van der Waals surface area contributed by atoms with Crippen LogP contribution in [0, 0.1) is 5.92 Å². The van der Waals surface area contributed by atoms with Crippen molar-refractivity contribution in [3.8, 4) is 0 Å². The molecule has 2 nitrogen and oxygen atoms in total. The van der Waals surface area contributed by atoms with Crippen LogP contribution >= 0.6 is 0 Å². The Bertz CT molecular complexity index is 266. The highest BCUT2D eigenvalue weighted by atomic mass is 19.4. The van der Waals surface area contributed by atoms with E-state index in [1.165, 1.54) is 0 Å². The van der Waals surface area contributed by atoms with Gasteiger partial charge < -0.3 is 10.1 Å². The van der Waals surface area contributed by atoms with E-state index in [-0.39, 0.29) is 18.9 Å². The Morgan fingerprint density at radius 1 is 0.842 bits per heavy atom. The molecule has 0 amide bonds. The van der Waals surface area contributed by atoms with Crippen molar-refractivity contribution in [2.24, 2.45) is 5.92 Å². The minimum absolute atomic E-state index is 0.280. The van der Waals surface area contributed by atoms with Gasteiger partial charge in [0.1, 0.15) is 0 Å². The van der Waals surface area contributed by atoms with Gasteiger partial charge in [0.05, 0.1) is 12.0 Å². The topological polar surface area (TPSA) is 21.3 Å². The maximum Gasteiger partial charge on any atom is 0.391 e. The third-order valence-electron chi connectivity index (χ3n) is 4.67. The Morgan fingerprint density at radius 3 is 1.74 bits per heavy atom. The Balaban J connectivity index is 1.69. The molecule has 0 unspecified atom stereocenters. The minimum atomic E-state index is -4.00. The summed E-state index contributed by atoms with van der Waals surface area (Å²) in [5.74, 6) is -1.07. The highest BCUT2D eigenvalue weighted by molar-refractivity contribution is 4.85. The molecule has 0 aromatic heterocycles. The van der Waals surface area contributed by atoms with Crippen LogP contribution in [0.3, 0.4) is 0 Å². The molecule has 2 saturated carbocycles. The molecule has 2 rings (SSSR count). The van der Waals surface area contributed by atoms with Gasteiger partial charge in [0.2, 0.25) is 0 Å². The number of nitrogens with one attached hydrogen (secondary N) is 1. The van der Waals surface area contributed by atoms with Gasteiger partial charge in [-0.25, -0.2) is 0 Å². The van der Waals surface area contributed by atoms with E-state index in [0.29, 0.717) is 25.0 Å². The van der Waals surface area contributed by atoms with Crippen LogP contribution in [0.25, 0.3) is 0 Å². The first kappa shape index (κ1) is 15.1. The van der Waals surface area contributed by atoms with Gasteiger partial charge >= 0.3 is 6.18 Å². The van der Waals surface area contributed by atoms with Gasteiger partial charge in [0.15, 0.2) is 0 Å². The van der Waals surface area contributed by atoms with Crippen LogP contribution in [0.15, 0.2) is 0 Å². The molecule has 1 N–H and O–H groups in total. The first-order valence-electron chi connectivity index (χ1n) is 7.34. The smallest absolute Gasteiger partial charge is 0.381 e. The lowest BCUT2D eigenvalue weighted by Gasteiger charge is -2.35. The van der Waals surface area contributed by atoms with E-state index in [9.17, 15) is 13.2 Å². The SMILES string of the molecule is COC1CCC(NC2CCC(C(F)(F)F)CC2)CC1. The van der Waals surface area contributed by atoms with Gasteiger partial charge in [-0.15, -0.1) is 0 Å². The lowest BCUT2D eigenvalue weighted by Crippen LogP contribution is -2.44. The quantitative estimate of drug-likeness (QED) is 0.851. The summed E-state index contributed by atoms with van der Waals surface area (Å²) in [4.78, 5) is 0. The van der Waals surface area contributed by atoms with Gasteiger partial charge in [-0.1, -0.05) is 0 Å². The van der Waals surface area contributed by atoms with E-state index in [4.69, 9.17) is 4.74 Å². The van der Waals surface area contributed by atoms with Crippen LogP contribution in [0.5, 0.6) is 0 Å². The van der Waals surface area contributed by atoms with Crippen molar-refractivity contribution in [3.05, 3.63) is 0 Å². The predicted molar refractivity (Wildman–Crippen MR) is 68.0 cm³/mol. The van der Waals surface area contributed by atoms with E-state index >= 15 is 0 Å². The van der Waals surface area contributed by atoms with Crippen LogP contribution in [-0.2, 0) is 4.74 Å². The molecule has 0 aliphatic heterocycles. The zero-order chi connectivity index (χ0) is 13.9. The van der Waals surface area contributed by atoms with Crippen LogP contribution in [0.2, 0.25) is 0 Å². The second-order valence-electron chi connectivity index (χ2n) is 5.97. The van der Waals surface area contributed by atoms with Gasteiger partial charge in [-0.05, 0) is 51.4 Å². The van der Waals surface area contributed by atoms with Crippen molar-refractivity contribution in [3.63, 3.8) is 0 Å². The summed E-state index contributed by atoms with van der Waals surface area (Å²) < 4.78 is 43.1. The Labute approximate surface area is 113 Å². The summed E-state index contributed by atoms with van der Waals surface area (Å²) in [5.41, 5.74) is 0. The summed E-state index contributed by atoms with van der Waals surface area (Å²) in [6.45, 7) is 0. The molecular weight excluding hydrogens is 255 g/mol. The monoisotopic (exact) mass is 279 g/mol. The van der Waals surface area contributed by atoms with E-state index in [2.05, 4.69) is 5.32 Å². The van der Waals surface area contributed by atoms with E-state index in [0.717, 1.165) is 25.7 Å². The van der Waals surface area contributed by atoms with Crippen molar-refractivity contribution in [1.82, 2.24) is 5.32 Å². The van der Waals surface area contributed by atoms with E-state index in [1.807, 2.05) is 0 Å². The second-order valence-corrected chi connectivity index (χ2v) is 5.97. The Kier molecular flexibility index (Phi) is 5.12. The molecular formula is C14H24F3NO. The number of ether oxygens (including phenoxy) is 1. The van der Waals surface area contributed by atoms with Crippen LogP contribution in [0.1, 0.15) is 51.4 Å². The summed E-state index contributed by atoms with van der Waals surface area (Å²) in [6.07, 6.45) is 2.56. The van der Waals surface area contributed by atoms with Gasteiger partial charge in [0, 0.05) is 19.2 Å². The first-order valence-corrected chi connectivity index (χ1v) is 7.34. The molecule has 0 heterocycles. The fraction of sp³-hybridized carbons (Fsp3) is 1.00. The third-order valence-corrected chi connectivity index (χ3v) is 4.67. The van der Waals surface area contributed by atoms with Gasteiger partial charge in [-0.2, -0.15) is 13.2 Å². The maximum atomic E-state index is 12.6. The van der Waals surface area contributed by atoms with E-state index in [1.54, 1.807) is 7.11 Å². The lowest BCUT2D eigenvalue weighted by molar-refractivity contribution is -0.182. The molecule has 5 heteroatoms. The molecule has 112 valence electrons. The average Bonchev–Trinajstić information content (AvgIpc) is 2.39. The molecule has 0 aromatic rings. The van der Waals surface area contributed by atoms with Crippen molar-refractivity contribution < 1.29 is 17.9 Å². The van der Waals surface area contributed by atoms with Crippen molar-refractivity contribution >= 4 is 0 Å². The lowest BCUT2D eigenvalue weighted by atomic mass is 9.84. The summed E-state index contributed by atoms with van der Waals surface area (Å²) in [5, 5.41) is 3.55. The van der Waals surface area contributed by atoms with Crippen LogP contribution in [-0.4, -0.2) is 31.5 Å². The van der Waals surface area contributed by atoms with Crippen molar-refractivity contribution in [2.75, 3.05) is 7.11 Å². The highest BCUT2D eigenvalue weighted by Crippen LogP contribution is 2.37. The predicted octanol–water partition coefficient (Wildman–Crippen LogP) is 3.65. The number of rotatable bonds is 3. The normalized spacial score (nSPS) is 37.3. The maximum absolute atomic E-state index is 12.6. The number of methoxy groups -OCH3 is 1. The zero-order valence-electron chi connectivity index (χ0n) is 11.5. The van der Waals surface area contributed by atoms with Crippen molar-refractivity contribution in [1.29, 1.82) is 0 Å². The van der Waals surface area contributed by atoms with Gasteiger partial charge in [-0.3, -0.25) is 0 Å². The number of hydrogen-bond donors (Lipinski definition) is 1. The van der Waals surface area contributed by atoms with Crippen LogP contribution in [0.4, 0.5) is 13.2 Å². The zero-order valence-corrected chi connectivity index (χ0v) is 11.5. The number of hydrogen-bond acceptors (Lipinski definition) is 2. The molecule has 0 radical (unpaired) electrons. The second kappa shape index (κ2) is 6.44. The fourth-order valence-corrected chi connectivity index (χ4v) is 3.39. The fourth-order valence-electron chi connectivity index (χ4n) is 3.39. The molecule has 0 spiro atoms. The molecule has 0 saturated heterocycles. The molecule has 0 atom stereocenters. The summed E-state index contributed by atoms with van der Waals surface area (Å²) >= 11 is 0. The van der Waals surface area contributed by atoms with Crippen LogP contribution < -0.4 is 5.32 Å². The van der Waals surface area contributed by atoms with Crippen molar-refractivity contribution in [2.45, 2.75) is 75.7 Å². The Hall–Kier alpha value is -0.290. The molecule has 2 fully saturated rings. The molecule has 2 aliphatic rings. The molecule has 0 aromatic carbocycles. The minimum Gasteiger partial charge on any atom is -0.381 e. The first-order chi connectivity index (χ1) is 8.99. The molecule has 0 bridgehead atoms. The Morgan fingerprint density at radius 2 is 1.32 bits per heavy atom. The summed E-state index contributed by atoms with van der Waals surface area (Å²) in [7, 11) is 1.75. The highest BCUT2D eigenvalue weighted by Gasteiger charge is 2.41. The summed E-state index contributed by atoms with van der Waals surface area (Å²) in [6, 6.07) is 0.751. The molecule has 19 heavy (non-hydrogen) atoms. The molecule has 2 aliphatic carbocycles. The third kappa shape index (κ3) is 4.35. The van der Waals surface area contributed by atoms with E-state index < -0.39 is 12.1 Å². The standard InChI is InChI=1S/C14H24F3NO/c1-19-13-8-6-12(7-9-13)18-11-4-2-10(3-5-11)14(15,16)17/h10-13,18H,2-9H2,1H3. The largest absolute Gasteiger partial charge is 0.391 e. The number of alkyl halides is 3. The number of halogens is 3. The van der Waals surface area contributed by atoms with Gasteiger partial charge in [0.25, 0.3) is 0 Å². The average molecular weight is 279 g/mol.